The number of terminal acetylenes is 1. The van der Waals surface area contributed by atoms with Crippen LogP contribution in [0.5, 0.6) is 11.5 Å². The number of phenolic OH excluding ortho intramolecular Hbond substituents is 1. The molecule has 0 saturated carbocycles. The first-order valence-corrected chi connectivity index (χ1v) is 3.95. The summed E-state index contributed by atoms with van der Waals surface area (Å²) >= 11 is 0. The molecule has 0 unspecified atom stereocenters. The SMILES string of the molecule is C#Cc1ccc2c(c1O)C=CCO2. The van der Waals surface area contributed by atoms with Crippen LogP contribution in [0.4, 0.5) is 0 Å². The molecule has 0 aliphatic carbocycles. The highest BCUT2D eigenvalue weighted by atomic mass is 16.5. The van der Waals surface area contributed by atoms with Gasteiger partial charge in [0.05, 0.1) is 11.1 Å². The van der Waals surface area contributed by atoms with Crippen molar-refractivity contribution in [3.05, 3.63) is 29.3 Å². The first-order chi connectivity index (χ1) is 6.33. The lowest BCUT2D eigenvalue weighted by atomic mass is 10.1. The van der Waals surface area contributed by atoms with Crippen molar-refractivity contribution < 1.29 is 9.84 Å². The number of ether oxygens (including phenoxy) is 1. The van der Waals surface area contributed by atoms with Crippen molar-refractivity contribution in [2.45, 2.75) is 0 Å². The zero-order valence-electron chi connectivity index (χ0n) is 6.95. The Morgan fingerprint density at radius 2 is 2.31 bits per heavy atom. The Balaban J connectivity index is 2.65. The third-order valence-corrected chi connectivity index (χ3v) is 1.95. The Morgan fingerprint density at radius 1 is 1.46 bits per heavy atom. The second kappa shape index (κ2) is 2.87. The molecule has 1 heterocycles. The van der Waals surface area contributed by atoms with E-state index in [1.54, 1.807) is 12.1 Å². The summed E-state index contributed by atoms with van der Waals surface area (Å²) in [6, 6.07) is 3.45. The van der Waals surface area contributed by atoms with Crippen LogP contribution >= 0.6 is 0 Å². The van der Waals surface area contributed by atoms with Gasteiger partial charge in [-0.25, -0.2) is 0 Å². The van der Waals surface area contributed by atoms with Crippen LogP contribution < -0.4 is 4.74 Å². The number of hydrogen-bond donors (Lipinski definition) is 1. The van der Waals surface area contributed by atoms with Gasteiger partial charge >= 0.3 is 0 Å². The maximum atomic E-state index is 9.66. The smallest absolute Gasteiger partial charge is 0.142 e. The topological polar surface area (TPSA) is 29.5 Å². The van der Waals surface area contributed by atoms with E-state index in [1.165, 1.54) is 0 Å². The van der Waals surface area contributed by atoms with Crippen molar-refractivity contribution in [3.8, 4) is 23.8 Å². The van der Waals surface area contributed by atoms with Gasteiger partial charge in [-0.2, -0.15) is 0 Å². The molecule has 2 rings (SSSR count). The Hall–Kier alpha value is -1.88. The summed E-state index contributed by atoms with van der Waals surface area (Å²) < 4.78 is 5.29. The molecule has 1 N–H and O–H groups in total. The first kappa shape index (κ1) is 7.75. The van der Waals surface area contributed by atoms with Gasteiger partial charge in [0, 0.05) is 0 Å². The molecular formula is C11H8O2. The molecule has 2 heteroatoms. The largest absolute Gasteiger partial charge is 0.506 e. The van der Waals surface area contributed by atoms with Crippen LogP contribution in [0.25, 0.3) is 6.08 Å². The molecule has 1 aliphatic rings. The van der Waals surface area contributed by atoms with E-state index in [4.69, 9.17) is 11.2 Å². The number of benzene rings is 1. The van der Waals surface area contributed by atoms with Gasteiger partial charge in [0.25, 0.3) is 0 Å². The first-order valence-electron chi connectivity index (χ1n) is 3.95. The summed E-state index contributed by atoms with van der Waals surface area (Å²) in [4.78, 5) is 0. The molecule has 0 fully saturated rings. The molecule has 0 radical (unpaired) electrons. The summed E-state index contributed by atoms with van der Waals surface area (Å²) in [5, 5.41) is 9.66. The molecule has 2 nitrogen and oxygen atoms in total. The lowest BCUT2D eigenvalue weighted by Crippen LogP contribution is -2.00. The van der Waals surface area contributed by atoms with E-state index in [0.717, 1.165) is 0 Å². The van der Waals surface area contributed by atoms with Crippen LogP contribution in [0, 0.1) is 12.3 Å². The second-order valence-corrected chi connectivity index (χ2v) is 2.73. The monoisotopic (exact) mass is 172 g/mol. The van der Waals surface area contributed by atoms with E-state index in [0.29, 0.717) is 23.5 Å². The van der Waals surface area contributed by atoms with E-state index in [2.05, 4.69) is 5.92 Å². The molecule has 0 atom stereocenters. The second-order valence-electron chi connectivity index (χ2n) is 2.73. The highest BCUT2D eigenvalue weighted by Crippen LogP contribution is 2.33. The molecular weight excluding hydrogens is 164 g/mol. The zero-order valence-corrected chi connectivity index (χ0v) is 6.95. The molecule has 0 aromatic heterocycles. The fraction of sp³-hybridized carbons (Fsp3) is 0.0909. The van der Waals surface area contributed by atoms with Crippen LogP contribution in [0.3, 0.4) is 0 Å². The average Bonchev–Trinajstić information content (AvgIpc) is 2.19. The highest BCUT2D eigenvalue weighted by Gasteiger charge is 2.12. The van der Waals surface area contributed by atoms with Crippen molar-refractivity contribution in [2.24, 2.45) is 0 Å². The van der Waals surface area contributed by atoms with Crippen LogP contribution in [0.2, 0.25) is 0 Å². The molecule has 1 aromatic rings. The van der Waals surface area contributed by atoms with Gasteiger partial charge in [-0.05, 0) is 24.3 Å². The van der Waals surface area contributed by atoms with Gasteiger partial charge in [-0.3, -0.25) is 0 Å². The third kappa shape index (κ3) is 1.15. The van der Waals surface area contributed by atoms with Crippen LogP contribution in [0.1, 0.15) is 11.1 Å². The number of phenols is 1. The van der Waals surface area contributed by atoms with Crippen molar-refractivity contribution in [1.29, 1.82) is 0 Å². The molecule has 1 aliphatic heterocycles. The van der Waals surface area contributed by atoms with Gasteiger partial charge in [-0.15, -0.1) is 6.42 Å². The van der Waals surface area contributed by atoms with E-state index in [-0.39, 0.29) is 5.75 Å². The summed E-state index contributed by atoms with van der Waals surface area (Å²) in [7, 11) is 0. The van der Waals surface area contributed by atoms with Gasteiger partial charge in [-0.1, -0.05) is 5.92 Å². The molecule has 64 valence electrons. The van der Waals surface area contributed by atoms with Gasteiger partial charge < -0.3 is 9.84 Å². The van der Waals surface area contributed by atoms with Crippen molar-refractivity contribution >= 4 is 6.08 Å². The zero-order chi connectivity index (χ0) is 9.26. The molecule has 0 saturated heterocycles. The van der Waals surface area contributed by atoms with E-state index in [9.17, 15) is 5.11 Å². The Morgan fingerprint density at radius 3 is 3.08 bits per heavy atom. The molecule has 0 spiro atoms. The van der Waals surface area contributed by atoms with Gasteiger partial charge in [0.2, 0.25) is 0 Å². The third-order valence-electron chi connectivity index (χ3n) is 1.95. The molecule has 0 bridgehead atoms. The summed E-state index contributed by atoms with van der Waals surface area (Å²) in [5.41, 5.74) is 1.16. The van der Waals surface area contributed by atoms with Crippen LogP contribution in [-0.4, -0.2) is 11.7 Å². The average molecular weight is 172 g/mol. The minimum atomic E-state index is 0.121. The van der Waals surface area contributed by atoms with E-state index < -0.39 is 0 Å². The van der Waals surface area contributed by atoms with Crippen molar-refractivity contribution in [3.63, 3.8) is 0 Å². The normalized spacial score (nSPS) is 12.8. The Labute approximate surface area is 76.5 Å². The van der Waals surface area contributed by atoms with E-state index >= 15 is 0 Å². The number of fused-ring (bicyclic) bond motifs is 1. The quantitative estimate of drug-likeness (QED) is 0.604. The predicted molar refractivity (Wildman–Crippen MR) is 50.6 cm³/mol. The number of aromatic hydroxyl groups is 1. The minimum absolute atomic E-state index is 0.121. The van der Waals surface area contributed by atoms with Crippen molar-refractivity contribution in [1.82, 2.24) is 0 Å². The molecule has 13 heavy (non-hydrogen) atoms. The Bertz CT molecular complexity index is 411. The number of rotatable bonds is 0. The fourth-order valence-corrected chi connectivity index (χ4v) is 1.30. The maximum Gasteiger partial charge on any atom is 0.142 e. The van der Waals surface area contributed by atoms with Crippen LogP contribution in [-0.2, 0) is 0 Å². The minimum Gasteiger partial charge on any atom is -0.506 e. The van der Waals surface area contributed by atoms with Gasteiger partial charge in [0.1, 0.15) is 18.1 Å². The summed E-state index contributed by atoms with van der Waals surface area (Å²) in [6.45, 7) is 0.543. The lowest BCUT2D eigenvalue weighted by Gasteiger charge is -2.13. The Kier molecular flexibility index (Phi) is 1.71. The molecule has 1 aromatic carbocycles. The molecule has 0 amide bonds. The maximum absolute atomic E-state index is 9.66. The van der Waals surface area contributed by atoms with E-state index in [1.807, 2.05) is 12.2 Å². The predicted octanol–water partition coefficient (Wildman–Crippen LogP) is 1.78. The highest BCUT2D eigenvalue weighted by molar-refractivity contribution is 5.69. The standard InChI is InChI=1S/C11H8O2/c1-2-8-5-6-10-9(11(8)12)4-3-7-13-10/h1,3-6,12H,7H2. The summed E-state index contributed by atoms with van der Waals surface area (Å²) in [6.07, 6.45) is 8.86. The van der Waals surface area contributed by atoms with Gasteiger partial charge in [0.15, 0.2) is 0 Å². The van der Waals surface area contributed by atoms with Crippen LogP contribution in [0.15, 0.2) is 18.2 Å². The fourth-order valence-electron chi connectivity index (χ4n) is 1.30. The lowest BCUT2D eigenvalue weighted by molar-refractivity contribution is 0.354. The summed E-state index contributed by atoms with van der Waals surface area (Å²) in [5.74, 6) is 3.21. The number of hydrogen-bond acceptors (Lipinski definition) is 2. The van der Waals surface area contributed by atoms with Crippen molar-refractivity contribution in [2.75, 3.05) is 6.61 Å².